The Hall–Kier alpha value is -0.960. The van der Waals surface area contributed by atoms with E-state index in [0.29, 0.717) is 5.56 Å². The van der Waals surface area contributed by atoms with Crippen molar-refractivity contribution in [3.05, 3.63) is 29.8 Å². The van der Waals surface area contributed by atoms with Gasteiger partial charge < -0.3 is 5.11 Å². The van der Waals surface area contributed by atoms with Gasteiger partial charge in [-0.1, -0.05) is 0 Å². The van der Waals surface area contributed by atoms with E-state index < -0.39 is 5.97 Å². The summed E-state index contributed by atoms with van der Waals surface area (Å²) in [5, 5.41) is 8.54. The lowest BCUT2D eigenvalue weighted by Gasteiger charge is -1.95. The van der Waals surface area contributed by atoms with Crippen LogP contribution in [0.1, 0.15) is 10.4 Å². The van der Waals surface area contributed by atoms with Gasteiger partial charge in [-0.2, -0.15) is 0 Å². The molecule has 0 aliphatic heterocycles. The van der Waals surface area contributed by atoms with Crippen molar-refractivity contribution in [2.45, 2.75) is 4.90 Å². The molecule has 11 heavy (non-hydrogen) atoms. The standard InChI is InChI=1S/C8H8O2S/c1-11-7-4-2-6(3-5-7)8(9)10/h2-5H,1H3,(H,9,10). The third-order valence-electron chi connectivity index (χ3n) is 1.34. The van der Waals surface area contributed by atoms with Gasteiger partial charge in [0.15, 0.2) is 0 Å². The molecule has 58 valence electrons. The second kappa shape index (κ2) is 3.44. The van der Waals surface area contributed by atoms with Gasteiger partial charge in [-0.3, -0.25) is 0 Å². The van der Waals surface area contributed by atoms with E-state index in [0.717, 1.165) is 4.90 Å². The first-order chi connectivity index (χ1) is 5.24. The summed E-state index contributed by atoms with van der Waals surface area (Å²) >= 11 is 1.60. The first kappa shape index (κ1) is 8.14. The molecule has 3 heteroatoms. The van der Waals surface area contributed by atoms with Crippen molar-refractivity contribution in [1.82, 2.24) is 0 Å². The Morgan fingerprint density at radius 1 is 1.36 bits per heavy atom. The number of rotatable bonds is 2. The first-order valence-corrected chi connectivity index (χ1v) is 4.34. The molecule has 1 aromatic rings. The molecule has 0 spiro atoms. The van der Waals surface area contributed by atoms with Gasteiger partial charge in [-0.15, -0.1) is 11.8 Å². The first-order valence-electron chi connectivity index (χ1n) is 3.11. The quantitative estimate of drug-likeness (QED) is 0.687. The normalized spacial score (nSPS) is 9.55. The minimum Gasteiger partial charge on any atom is -0.478 e. The zero-order valence-electron chi connectivity index (χ0n) is 6.07. The van der Waals surface area contributed by atoms with Crippen LogP contribution in [0.2, 0.25) is 0 Å². The molecule has 0 amide bonds. The molecule has 0 fully saturated rings. The maximum atomic E-state index is 10.4. The zero-order chi connectivity index (χ0) is 8.27. The molecule has 0 heterocycles. The molecular weight excluding hydrogens is 160 g/mol. The highest BCUT2D eigenvalue weighted by Crippen LogP contribution is 2.14. The predicted octanol–water partition coefficient (Wildman–Crippen LogP) is 2.11. The molecule has 1 aromatic carbocycles. The smallest absolute Gasteiger partial charge is 0.335 e. The summed E-state index contributed by atoms with van der Waals surface area (Å²) in [6, 6.07) is 6.81. The molecule has 0 atom stereocenters. The van der Waals surface area contributed by atoms with Crippen LogP contribution in [0.25, 0.3) is 0 Å². The van der Waals surface area contributed by atoms with Gasteiger partial charge in [0, 0.05) is 4.90 Å². The SMILES string of the molecule is CSc1ccc(C(=O)O)cc1. The third kappa shape index (κ3) is 1.98. The second-order valence-electron chi connectivity index (χ2n) is 2.03. The van der Waals surface area contributed by atoms with E-state index >= 15 is 0 Å². The van der Waals surface area contributed by atoms with Gasteiger partial charge in [-0.25, -0.2) is 4.79 Å². The Kier molecular flexibility index (Phi) is 2.54. The van der Waals surface area contributed by atoms with Crippen molar-refractivity contribution >= 4 is 17.7 Å². The number of benzene rings is 1. The summed E-state index contributed by atoms with van der Waals surface area (Å²) in [5.74, 6) is -0.877. The number of aromatic carboxylic acids is 1. The van der Waals surface area contributed by atoms with Crippen molar-refractivity contribution in [2.75, 3.05) is 6.26 Å². The van der Waals surface area contributed by atoms with E-state index in [9.17, 15) is 4.79 Å². The summed E-state index contributed by atoms with van der Waals surface area (Å²) in [5.41, 5.74) is 0.336. The molecule has 0 bridgehead atoms. The van der Waals surface area contributed by atoms with E-state index in [-0.39, 0.29) is 0 Å². The largest absolute Gasteiger partial charge is 0.478 e. The zero-order valence-corrected chi connectivity index (χ0v) is 6.89. The van der Waals surface area contributed by atoms with Crippen LogP contribution in [-0.4, -0.2) is 17.3 Å². The molecule has 0 radical (unpaired) electrons. The third-order valence-corrected chi connectivity index (χ3v) is 2.08. The fraction of sp³-hybridized carbons (Fsp3) is 0.125. The van der Waals surface area contributed by atoms with Crippen molar-refractivity contribution < 1.29 is 9.90 Å². The Balaban J connectivity index is 2.91. The topological polar surface area (TPSA) is 37.3 Å². The molecule has 0 aliphatic rings. The Bertz CT molecular complexity index is 253. The van der Waals surface area contributed by atoms with Crippen LogP contribution in [0.5, 0.6) is 0 Å². The van der Waals surface area contributed by atoms with Gasteiger partial charge in [-0.05, 0) is 30.5 Å². The predicted molar refractivity (Wildman–Crippen MR) is 45.2 cm³/mol. The van der Waals surface area contributed by atoms with E-state index in [2.05, 4.69) is 0 Å². The molecule has 1 rings (SSSR count). The average Bonchev–Trinajstić information content (AvgIpc) is 2.05. The van der Waals surface area contributed by atoms with Crippen molar-refractivity contribution in [3.8, 4) is 0 Å². The van der Waals surface area contributed by atoms with Gasteiger partial charge in [0.2, 0.25) is 0 Å². The summed E-state index contributed by atoms with van der Waals surface area (Å²) in [6.07, 6.45) is 1.95. The van der Waals surface area contributed by atoms with Crippen LogP contribution in [0.4, 0.5) is 0 Å². The molecular formula is C8H8O2S. The van der Waals surface area contributed by atoms with Crippen molar-refractivity contribution in [1.29, 1.82) is 0 Å². The number of thioether (sulfide) groups is 1. The highest BCUT2D eigenvalue weighted by atomic mass is 32.2. The number of carboxylic acids is 1. The van der Waals surface area contributed by atoms with Crippen molar-refractivity contribution in [2.24, 2.45) is 0 Å². The summed E-state index contributed by atoms with van der Waals surface area (Å²) in [6.45, 7) is 0. The van der Waals surface area contributed by atoms with Crippen LogP contribution in [0.15, 0.2) is 29.2 Å². The summed E-state index contributed by atoms with van der Waals surface area (Å²) < 4.78 is 0. The molecule has 0 aromatic heterocycles. The van der Waals surface area contributed by atoms with Crippen LogP contribution >= 0.6 is 11.8 Å². The lowest BCUT2D eigenvalue weighted by molar-refractivity contribution is 0.0697. The van der Waals surface area contributed by atoms with Gasteiger partial charge in [0.05, 0.1) is 5.56 Å². The monoisotopic (exact) mass is 168 g/mol. The number of hydrogen-bond donors (Lipinski definition) is 1. The Labute approximate surface area is 69.2 Å². The number of carboxylic acid groups (broad SMARTS) is 1. The fourth-order valence-corrected chi connectivity index (χ4v) is 1.14. The van der Waals surface area contributed by atoms with Crippen LogP contribution in [-0.2, 0) is 0 Å². The molecule has 0 saturated heterocycles. The van der Waals surface area contributed by atoms with E-state index in [4.69, 9.17) is 5.11 Å². The van der Waals surface area contributed by atoms with Crippen LogP contribution in [0, 0.1) is 0 Å². The number of carbonyl (C=O) groups is 1. The Morgan fingerprint density at radius 2 is 1.91 bits per heavy atom. The summed E-state index contributed by atoms with van der Waals surface area (Å²) in [7, 11) is 0. The molecule has 0 unspecified atom stereocenters. The second-order valence-corrected chi connectivity index (χ2v) is 2.91. The van der Waals surface area contributed by atoms with E-state index in [1.54, 1.807) is 36.0 Å². The Morgan fingerprint density at radius 3 is 2.27 bits per heavy atom. The van der Waals surface area contributed by atoms with Crippen LogP contribution < -0.4 is 0 Å². The molecule has 0 aliphatic carbocycles. The molecule has 1 N–H and O–H groups in total. The van der Waals surface area contributed by atoms with Gasteiger partial charge in [0.25, 0.3) is 0 Å². The molecule has 0 saturated carbocycles. The van der Waals surface area contributed by atoms with Gasteiger partial charge >= 0.3 is 5.97 Å². The maximum absolute atomic E-state index is 10.4. The van der Waals surface area contributed by atoms with E-state index in [1.807, 2.05) is 6.26 Å². The van der Waals surface area contributed by atoms with Crippen molar-refractivity contribution in [3.63, 3.8) is 0 Å². The van der Waals surface area contributed by atoms with E-state index in [1.165, 1.54) is 0 Å². The number of hydrogen-bond acceptors (Lipinski definition) is 2. The minimum absolute atomic E-state index is 0.336. The fourth-order valence-electron chi connectivity index (χ4n) is 0.734. The van der Waals surface area contributed by atoms with Gasteiger partial charge in [0.1, 0.15) is 0 Å². The summed E-state index contributed by atoms with van der Waals surface area (Å²) in [4.78, 5) is 11.5. The average molecular weight is 168 g/mol. The minimum atomic E-state index is -0.877. The molecule has 2 nitrogen and oxygen atoms in total. The highest BCUT2D eigenvalue weighted by Gasteiger charge is 1.99. The van der Waals surface area contributed by atoms with Crippen LogP contribution in [0.3, 0.4) is 0 Å². The lowest BCUT2D eigenvalue weighted by Crippen LogP contribution is -1.94. The lowest BCUT2D eigenvalue weighted by atomic mass is 10.2. The maximum Gasteiger partial charge on any atom is 0.335 e. The highest BCUT2D eigenvalue weighted by molar-refractivity contribution is 7.98.